The number of thioether (sulfide) groups is 1. The molecule has 1 heterocycles. The van der Waals surface area contributed by atoms with E-state index in [4.69, 9.17) is 0 Å². The summed E-state index contributed by atoms with van der Waals surface area (Å²) in [5.41, 5.74) is 3.47. The highest BCUT2D eigenvalue weighted by Gasteiger charge is 2.16. The number of carbonyl (C=O) groups excluding carboxylic acids is 2. The standard InChI is InChI=1S/C28H26F2N4O2S/c1-19-4-2-3-5-21(19)18-37-28-33-32-26(34(28)24-12-10-23(30)11-13-24)16-17-31-27(36)15-14-25(35)20-6-8-22(29)9-7-20/h2-13H,14-18H2,1H3,(H,31,36). The lowest BCUT2D eigenvalue weighted by molar-refractivity contribution is -0.121. The van der Waals surface area contributed by atoms with Gasteiger partial charge in [-0.3, -0.25) is 14.2 Å². The van der Waals surface area contributed by atoms with Crippen molar-refractivity contribution in [2.45, 2.75) is 37.1 Å². The summed E-state index contributed by atoms with van der Waals surface area (Å²) in [4.78, 5) is 24.5. The summed E-state index contributed by atoms with van der Waals surface area (Å²) in [6, 6.07) is 19.5. The molecule has 0 fully saturated rings. The Bertz CT molecular complexity index is 1370. The van der Waals surface area contributed by atoms with Gasteiger partial charge in [0, 0.05) is 42.8 Å². The number of nitrogens with one attached hydrogen (secondary N) is 1. The molecule has 9 heteroatoms. The topological polar surface area (TPSA) is 76.9 Å². The highest BCUT2D eigenvalue weighted by Crippen LogP contribution is 2.26. The van der Waals surface area contributed by atoms with Crippen molar-refractivity contribution in [1.29, 1.82) is 0 Å². The molecule has 0 saturated heterocycles. The zero-order chi connectivity index (χ0) is 26.2. The fraction of sp³-hybridized carbons (Fsp3) is 0.214. The van der Waals surface area contributed by atoms with Gasteiger partial charge in [-0.05, 0) is 66.6 Å². The van der Waals surface area contributed by atoms with Gasteiger partial charge in [-0.25, -0.2) is 8.78 Å². The number of halogens is 2. The van der Waals surface area contributed by atoms with Crippen molar-refractivity contribution in [2.75, 3.05) is 6.54 Å². The Morgan fingerprint density at radius 3 is 2.27 bits per heavy atom. The van der Waals surface area contributed by atoms with Crippen LogP contribution in [0.5, 0.6) is 0 Å². The first-order chi connectivity index (χ1) is 17.9. The highest BCUT2D eigenvalue weighted by atomic mass is 32.2. The molecule has 1 aromatic heterocycles. The Morgan fingerprint density at radius 2 is 1.57 bits per heavy atom. The van der Waals surface area contributed by atoms with Gasteiger partial charge in [-0.2, -0.15) is 0 Å². The Kier molecular flexibility index (Phi) is 8.79. The van der Waals surface area contributed by atoms with E-state index in [1.54, 1.807) is 12.1 Å². The third-order valence-electron chi connectivity index (χ3n) is 5.82. The van der Waals surface area contributed by atoms with Crippen molar-refractivity contribution in [1.82, 2.24) is 20.1 Å². The molecule has 190 valence electrons. The van der Waals surface area contributed by atoms with Gasteiger partial charge in [0.2, 0.25) is 5.91 Å². The van der Waals surface area contributed by atoms with Gasteiger partial charge < -0.3 is 5.32 Å². The van der Waals surface area contributed by atoms with Crippen molar-refractivity contribution >= 4 is 23.5 Å². The van der Waals surface area contributed by atoms with Gasteiger partial charge in [0.05, 0.1) is 0 Å². The predicted octanol–water partition coefficient (Wildman–Crippen LogP) is 5.47. The van der Waals surface area contributed by atoms with Crippen LogP contribution in [-0.4, -0.2) is 33.0 Å². The van der Waals surface area contributed by atoms with E-state index in [0.717, 1.165) is 5.69 Å². The summed E-state index contributed by atoms with van der Waals surface area (Å²) in [6.07, 6.45) is 0.453. The number of amides is 1. The number of hydrogen-bond donors (Lipinski definition) is 1. The van der Waals surface area contributed by atoms with Crippen molar-refractivity contribution in [2.24, 2.45) is 0 Å². The highest BCUT2D eigenvalue weighted by molar-refractivity contribution is 7.98. The van der Waals surface area contributed by atoms with Crippen LogP contribution in [0.2, 0.25) is 0 Å². The molecule has 6 nitrogen and oxygen atoms in total. The molecule has 0 aliphatic rings. The van der Waals surface area contributed by atoms with E-state index < -0.39 is 5.82 Å². The molecule has 1 amide bonds. The number of aromatic nitrogens is 3. The van der Waals surface area contributed by atoms with Gasteiger partial charge in [-0.1, -0.05) is 36.0 Å². The van der Waals surface area contributed by atoms with Crippen LogP contribution in [0.15, 0.2) is 78.0 Å². The van der Waals surface area contributed by atoms with Crippen LogP contribution in [-0.2, 0) is 17.0 Å². The molecule has 4 aromatic rings. The number of aryl methyl sites for hydroxylation is 1. The Hall–Kier alpha value is -3.85. The molecule has 4 rings (SSSR count). The number of rotatable bonds is 11. The summed E-state index contributed by atoms with van der Waals surface area (Å²) in [5.74, 6) is 0.0835. The summed E-state index contributed by atoms with van der Waals surface area (Å²) in [6.45, 7) is 2.35. The van der Waals surface area contributed by atoms with Crippen molar-refractivity contribution in [3.05, 3.63) is 107 Å². The van der Waals surface area contributed by atoms with Crippen molar-refractivity contribution in [3.63, 3.8) is 0 Å². The zero-order valence-corrected chi connectivity index (χ0v) is 21.1. The molecular weight excluding hydrogens is 494 g/mol. The van der Waals surface area contributed by atoms with E-state index >= 15 is 0 Å². The Morgan fingerprint density at radius 1 is 0.892 bits per heavy atom. The molecule has 1 N–H and O–H groups in total. The number of Topliss-reactive ketones (excluding diaryl/α,β-unsaturated/α-hetero) is 1. The van der Waals surface area contributed by atoms with E-state index in [0.29, 0.717) is 35.3 Å². The minimum Gasteiger partial charge on any atom is -0.356 e. The fourth-order valence-corrected chi connectivity index (χ4v) is 4.78. The second-order valence-corrected chi connectivity index (χ2v) is 9.40. The number of nitrogens with zero attached hydrogens (tertiary/aromatic N) is 3. The quantitative estimate of drug-likeness (QED) is 0.210. The molecule has 0 saturated carbocycles. The maximum absolute atomic E-state index is 13.6. The molecule has 0 bridgehead atoms. The van der Waals surface area contributed by atoms with E-state index in [9.17, 15) is 18.4 Å². The van der Waals surface area contributed by atoms with E-state index in [-0.39, 0.29) is 30.3 Å². The molecule has 0 radical (unpaired) electrons. The normalized spacial score (nSPS) is 10.9. The van der Waals surface area contributed by atoms with Gasteiger partial charge in [0.1, 0.15) is 17.5 Å². The van der Waals surface area contributed by atoms with Gasteiger partial charge in [0.15, 0.2) is 10.9 Å². The molecule has 3 aromatic carbocycles. The van der Waals surface area contributed by atoms with Crippen molar-refractivity contribution in [3.8, 4) is 5.69 Å². The number of ketones is 1. The summed E-state index contributed by atoms with van der Waals surface area (Å²) >= 11 is 1.53. The second kappa shape index (κ2) is 12.4. The minimum absolute atomic E-state index is 0.0262. The predicted molar refractivity (Wildman–Crippen MR) is 139 cm³/mol. The lowest BCUT2D eigenvalue weighted by Crippen LogP contribution is -2.26. The van der Waals surface area contributed by atoms with Crippen LogP contribution in [0.4, 0.5) is 8.78 Å². The Balaban J connectivity index is 1.38. The van der Waals surface area contributed by atoms with Crippen molar-refractivity contribution < 1.29 is 18.4 Å². The maximum atomic E-state index is 13.6. The first-order valence-electron chi connectivity index (χ1n) is 11.8. The van der Waals surface area contributed by atoms with Crippen LogP contribution in [0, 0.1) is 18.6 Å². The maximum Gasteiger partial charge on any atom is 0.220 e. The number of benzene rings is 3. The largest absolute Gasteiger partial charge is 0.356 e. The first kappa shape index (κ1) is 26.2. The van der Waals surface area contributed by atoms with E-state index in [1.807, 2.05) is 16.7 Å². The summed E-state index contributed by atoms with van der Waals surface area (Å²) in [7, 11) is 0. The second-order valence-electron chi connectivity index (χ2n) is 8.46. The van der Waals surface area contributed by atoms with Gasteiger partial charge in [0.25, 0.3) is 0 Å². The molecule has 0 atom stereocenters. The fourth-order valence-electron chi connectivity index (χ4n) is 3.73. The SMILES string of the molecule is Cc1ccccc1CSc1nnc(CCNC(=O)CCC(=O)c2ccc(F)cc2)n1-c1ccc(F)cc1. The molecular formula is C28H26F2N4O2S. The third-order valence-corrected chi connectivity index (χ3v) is 6.80. The molecule has 0 aliphatic carbocycles. The van der Waals surface area contributed by atoms with Crippen LogP contribution < -0.4 is 5.32 Å². The summed E-state index contributed by atoms with van der Waals surface area (Å²) < 4.78 is 28.5. The average molecular weight is 521 g/mol. The molecule has 37 heavy (non-hydrogen) atoms. The zero-order valence-electron chi connectivity index (χ0n) is 20.3. The lowest BCUT2D eigenvalue weighted by atomic mass is 10.1. The smallest absolute Gasteiger partial charge is 0.220 e. The molecule has 0 aliphatic heterocycles. The lowest BCUT2D eigenvalue weighted by Gasteiger charge is -2.11. The van der Waals surface area contributed by atoms with Crippen LogP contribution in [0.1, 0.15) is 40.2 Å². The minimum atomic E-state index is -0.417. The summed E-state index contributed by atoms with van der Waals surface area (Å²) in [5, 5.41) is 12.2. The van der Waals surface area contributed by atoms with Gasteiger partial charge in [-0.15, -0.1) is 10.2 Å². The number of hydrogen-bond acceptors (Lipinski definition) is 5. The van der Waals surface area contributed by atoms with E-state index in [2.05, 4.69) is 34.6 Å². The first-order valence-corrected chi connectivity index (χ1v) is 12.8. The Labute approximate surface area is 218 Å². The van der Waals surface area contributed by atoms with Crippen LogP contribution >= 0.6 is 11.8 Å². The van der Waals surface area contributed by atoms with Gasteiger partial charge >= 0.3 is 0 Å². The monoisotopic (exact) mass is 520 g/mol. The number of carbonyl (C=O) groups is 2. The van der Waals surface area contributed by atoms with Crippen LogP contribution in [0.3, 0.4) is 0 Å². The molecule has 0 unspecified atom stereocenters. The molecule has 0 spiro atoms. The van der Waals surface area contributed by atoms with Crippen LogP contribution in [0.25, 0.3) is 5.69 Å². The average Bonchev–Trinajstić information content (AvgIpc) is 3.30. The third kappa shape index (κ3) is 7.10. The van der Waals surface area contributed by atoms with E-state index in [1.165, 1.54) is 59.3 Å².